The number of carbonyl (C=O) groups excluding carboxylic acids is 2. The van der Waals surface area contributed by atoms with Crippen LogP contribution in [0.25, 0.3) is 0 Å². The first-order valence-electron chi connectivity index (χ1n) is 13.4. The summed E-state index contributed by atoms with van der Waals surface area (Å²) in [6.45, 7) is 10.1. The molecule has 0 saturated carbocycles. The number of halogens is 3. The van der Waals surface area contributed by atoms with E-state index in [0.29, 0.717) is 27.8 Å². The van der Waals surface area contributed by atoms with Crippen molar-refractivity contribution in [1.29, 1.82) is 0 Å². The van der Waals surface area contributed by atoms with E-state index in [-0.39, 0.29) is 36.4 Å². The summed E-state index contributed by atoms with van der Waals surface area (Å²) in [4.78, 5) is 29.1. The van der Waals surface area contributed by atoms with Gasteiger partial charge in [-0.05, 0) is 70.1 Å². The number of hydrogen-bond donors (Lipinski definition) is 1. The highest BCUT2D eigenvalue weighted by atomic mass is 79.9. The molecule has 0 aromatic heterocycles. The first kappa shape index (κ1) is 32.0. The second kappa shape index (κ2) is 14.4. The fourth-order valence-electron chi connectivity index (χ4n) is 4.16. The Hall–Kier alpha value is -2.54. The van der Waals surface area contributed by atoms with Crippen molar-refractivity contribution in [3.05, 3.63) is 97.9 Å². The van der Waals surface area contributed by atoms with Crippen molar-refractivity contribution in [3.63, 3.8) is 0 Å². The van der Waals surface area contributed by atoms with Gasteiger partial charge >= 0.3 is 0 Å². The van der Waals surface area contributed by atoms with Crippen LogP contribution in [0.2, 0.25) is 10.0 Å². The highest BCUT2D eigenvalue weighted by Crippen LogP contribution is 2.32. The Morgan fingerprint density at radius 2 is 1.65 bits per heavy atom. The van der Waals surface area contributed by atoms with E-state index in [0.717, 1.165) is 22.0 Å². The Labute approximate surface area is 256 Å². The minimum Gasteiger partial charge on any atom is -0.483 e. The average Bonchev–Trinajstić information content (AvgIpc) is 2.91. The third-order valence-corrected chi connectivity index (χ3v) is 8.14. The number of hydrogen-bond acceptors (Lipinski definition) is 3. The highest BCUT2D eigenvalue weighted by Gasteiger charge is 2.32. The van der Waals surface area contributed by atoms with Gasteiger partial charge in [0.05, 0.1) is 4.47 Å². The Balaban J connectivity index is 1.96. The molecular formula is C32H37BrCl2N2O3. The maximum atomic E-state index is 13.9. The topological polar surface area (TPSA) is 58.6 Å². The van der Waals surface area contributed by atoms with Crippen molar-refractivity contribution in [2.75, 3.05) is 6.61 Å². The van der Waals surface area contributed by atoms with Crippen molar-refractivity contribution < 1.29 is 14.3 Å². The molecule has 0 spiro atoms. The summed E-state index contributed by atoms with van der Waals surface area (Å²) in [5.74, 6) is -0.0609. The largest absolute Gasteiger partial charge is 0.483 e. The molecular weight excluding hydrogens is 611 g/mol. The molecule has 0 aliphatic carbocycles. The summed E-state index contributed by atoms with van der Waals surface area (Å²) >= 11 is 16.6. The third-order valence-electron chi connectivity index (χ3n) is 6.81. The molecule has 2 atom stereocenters. The second-order valence-corrected chi connectivity index (χ2v) is 12.6. The fourth-order valence-corrected chi connectivity index (χ4v) is 5.17. The predicted octanol–water partition coefficient (Wildman–Crippen LogP) is 7.99. The zero-order valence-corrected chi connectivity index (χ0v) is 26.7. The summed E-state index contributed by atoms with van der Waals surface area (Å²) in [7, 11) is 0. The molecule has 3 aromatic carbocycles. The molecule has 5 nitrogen and oxygen atoms in total. The van der Waals surface area contributed by atoms with E-state index in [1.165, 1.54) is 4.90 Å². The van der Waals surface area contributed by atoms with E-state index in [1.54, 1.807) is 18.2 Å². The first-order valence-corrected chi connectivity index (χ1v) is 14.9. The van der Waals surface area contributed by atoms with Gasteiger partial charge in [0.1, 0.15) is 11.8 Å². The van der Waals surface area contributed by atoms with Crippen LogP contribution in [0.3, 0.4) is 0 Å². The van der Waals surface area contributed by atoms with E-state index < -0.39 is 6.04 Å². The number of benzene rings is 3. The number of carbonyl (C=O) groups is 2. The first-order chi connectivity index (χ1) is 18.9. The number of rotatable bonds is 11. The molecule has 0 aliphatic heterocycles. The SMILES string of the molecule is CC[C@H](C)NC(=O)[C@@H](Cc1ccccc1)N(Cc1c(Cl)cccc1Cl)C(=O)COc1ccc(C(C)(C)C)cc1Br. The van der Waals surface area contributed by atoms with Crippen LogP contribution in [0.4, 0.5) is 0 Å². The van der Waals surface area contributed by atoms with Gasteiger partial charge in [-0.2, -0.15) is 0 Å². The molecule has 0 aliphatic rings. The van der Waals surface area contributed by atoms with Crippen LogP contribution >= 0.6 is 39.1 Å². The zero-order chi connectivity index (χ0) is 29.4. The Morgan fingerprint density at radius 3 is 2.23 bits per heavy atom. The molecule has 0 fully saturated rings. The van der Waals surface area contributed by atoms with Gasteiger partial charge in [0.2, 0.25) is 5.91 Å². The quantitative estimate of drug-likeness (QED) is 0.230. The van der Waals surface area contributed by atoms with Crippen LogP contribution in [-0.4, -0.2) is 35.4 Å². The van der Waals surface area contributed by atoms with Gasteiger partial charge in [0, 0.05) is 34.6 Å². The molecule has 2 amide bonds. The van der Waals surface area contributed by atoms with E-state index >= 15 is 0 Å². The molecule has 8 heteroatoms. The summed E-state index contributed by atoms with van der Waals surface area (Å²) in [6, 6.07) is 19.8. The van der Waals surface area contributed by atoms with Crippen molar-refractivity contribution in [2.24, 2.45) is 0 Å². The van der Waals surface area contributed by atoms with Gasteiger partial charge in [0.25, 0.3) is 5.91 Å². The normalized spacial score (nSPS) is 12.9. The number of amides is 2. The van der Waals surface area contributed by atoms with Gasteiger partial charge < -0.3 is 15.0 Å². The maximum absolute atomic E-state index is 13.9. The second-order valence-electron chi connectivity index (χ2n) is 10.9. The Bertz CT molecular complexity index is 1290. The number of nitrogens with zero attached hydrogens (tertiary/aromatic N) is 1. The van der Waals surface area contributed by atoms with Crippen LogP contribution in [0.5, 0.6) is 5.75 Å². The van der Waals surface area contributed by atoms with E-state index in [2.05, 4.69) is 42.0 Å². The average molecular weight is 648 g/mol. The lowest BCUT2D eigenvalue weighted by Gasteiger charge is -2.32. The van der Waals surface area contributed by atoms with Crippen molar-refractivity contribution in [1.82, 2.24) is 10.2 Å². The Morgan fingerprint density at radius 1 is 1.00 bits per heavy atom. The predicted molar refractivity (Wildman–Crippen MR) is 167 cm³/mol. The lowest BCUT2D eigenvalue weighted by Crippen LogP contribution is -2.53. The van der Waals surface area contributed by atoms with E-state index in [4.69, 9.17) is 27.9 Å². The van der Waals surface area contributed by atoms with Crippen LogP contribution in [0, 0.1) is 0 Å². The highest BCUT2D eigenvalue weighted by molar-refractivity contribution is 9.10. The molecule has 1 N–H and O–H groups in total. The molecule has 0 unspecified atom stereocenters. The zero-order valence-electron chi connectivity index (χ0n) is 23.6. The number of nitrogens with one attached hydrogen (secondary N) is 1. The van der Waals surface area contributed by atoms with Crippen molar-refractivity contribution in [2.45, 2.75) is 71.5 Å². The lowest BCUT2D eigenvalue weighted by molar-refractivity contribution is -0.143. The van der Waals surface area contributed by atoms with Crippen molar-refractivity contribution >= 4 is 50.9 Å². The van der Waals surface area contributed by atoms with Crippen LogP contribution in [0.1, 0.15) is 57.7 Å². The van der Waals surface area contributed by atoms with Gasteiger partial charge in [-0.15, -0.1) is 0 Å². The van der Waals surface area contributed by atoms with Gasteiger partial charge in [0.15, 0.2) is 6.61 Å². The van der Waals surface area contributed by atoms with Gasteiger partial charge in [-0.3, -0.25) is 9.59 Å². The minimum atomic E-state index is -0.813. The molecule has 3 rings (SSSR count). The standard InChI is InChI=1S/C32H37BrCl2N2O3/c1-6-21(2)36-31(39)28(17-22-11-8-7-9-12-22)37(19-24-26(34)13-10-14-27(24)35)30(38)20-40-29-16-15-23(18-25(29)33)32(3,4)5/h7-16,18,21,28H,6,17,19-20H2,1-5H3,(H,36,39)/t21-,28+/m0/s1. The summed E-state index contributed by atoms with van der Waals surface area (Å²) in [6.07, 6.45) is 1.08. The molecule has 214 valence electrons. The molecule has 0 radical (unpaired) electrons. The lowest BCUT2D eigenvalue weighted by atomic mass is 9.87. The van der Waals surface area contributed by atoms with E-state index in [9.17, 15) is 9.59 Å². The van der Waals surface area contributed by atoms with Crippen LogP contribution in [0.15, 0.2) is 71.2 Å². The Kier molecular flexibility index (Phi) is 11.5. The maximum Gasteiger partial charge on any atom is 0.261 e. The van der Waals surface area contributed by atoms with Gasteiger partial charge in [-0.1, -0.05) is 93.4 Å². The van der Waals surface area contributed by atoms with Gasteiger partial charge in [-0.25, -0.2) is 0 Å². The third kappa shape index (κ3) is 8.73. The monoisotopic (exact) mass is 646 g/mol. The number of ether oxygens (including phenoxy) is 1. The van der Waals surface area contributed by atoms with Crippen LogP contribution in [-0.2, 0) is 28.0 Å². The smallest absolute Gasteiger partial charge is 0.261 e. The van der Waals surface area contributed by atoms with Crippen LogP contribution < -0.4 is 10.1 Å². The van der Waals surface area contributed by atoms with E-state index in [1.807, 2.05) is 62.4 Å². The molecule has 0 saturated heterocycles. The molecule has 0 heterocycles. The molecule has 3 aromatic rings. The molecule has 40 heavy (non-hydrogen) atoms. The summed E-state index contributed by atoms with van der Waals surface area (Å²) in [5, 5.41) is 3.90. The summed E-state index contributed by atoms with van der Waals surface area (Å²) in [5.41, 5.74) is 2.61. The minimum absolute atomic E-state index is 0.0322. The summed E-state index contributed by atoms with van der Waals surface area (Å²) < 4.78 is 6.75. The fraction of sp³-hybridized carbons (Fsp3) is 0.375. The molecule has 0 bridgehead atoms. The van der Waals surface area contributed by atoms with Crippen molar-refractivity contribution in [3.8, 4) is 5.75 Å².